The van der Waals surface area contributed by atoms with Crippen LogP contribution in [-0.4, -0.2) is 34.7 Å². The summed E-state index contributed by atoms with van der Waals surface area (Å²) in [6.45, 7) is 4.55. The predicted octanol–water partition coefficient (Wildman–Crippen LogP) is 4.17. The van der Waals surface area contributed by atoms with Crippen LogP contribution in [0.4, 0.5) is 0 Å². The first-order chi connectivity index (χ1) is 14.0. The van der Waals surface area contributed by atoms with E-state index in [0.29, 0.717) is 18.8 Å². The maximum atomic E-state index is 13.4. The second kappa shape index (κ2) is 8.25. The Bertz CT molecular complexity index is 1010. The highest BCUT2D eigenvalue weighted by Gasteiger charge is 2.34. The minimum Gasteiger partial charge on any atom is -0.467 e. The molecule has 0 radical (unpaired) electrons. The number of benzene rings is 1. The van der Waals surface area contributed by atoms with Gasteiger partial charge in [0.25, 0.3) is 0 Å². The molecule has 0 unspecified atom stereocenters. The fraction of sp³-hybridized carbons (Fsp3) is 0.304. The van der Waals surface area contributed by atoms with E-state index in [1.165, 1.54) is 17.4 Å². The van der Waals surface area contributed by atoms with Crippen molar-refractivity contribution in [3.05, 3.63) is 81.4 Å². The molecular weight excluding hydrogens is 384 g/mol. The third kappa shape index (κ3) is 3.98. The van der Waals surface area contributed by atoms with E-state index in [1.54, 1.807) is 28.6 Å². The van der Waals surface area contributed by atoms with Crippen molar-refractivity contribution in [1.29, 1.82) is 0 Å². The van der Waals surface area contributed by atoms with Crippen molar-refractivity contribution in [2.45, 2.75) is 32.9 Å². The standard InChI is InChI=1S/C23H24N2O3S/c1-16-6-3-4-8-19(16)23-20-10-13-29-21(20)9-11-25(23)22(27)15-24(17(2)26)14-18-7-5-12-28-18/h3-8,10,12-13,23H,9,11,14-15H2,1-2H3/t23-/m0/s1. The molecule has 4 rings (SSSR count). The van der Waals surface area contributed by atoms with E-state index < -0.39 is 0 Å². The van der Waals surface area contributed by atoms with E-state index >= 15 is 0 Å². The Labute approximate surface area is 174 Å². The highest BCUT2D eigenvalue weighted by atomic mass is 32.1. The Morgan fingerprint density at radius 2 is 2.00 bits per heavy atom. The second-order valence-electron chi connectivity index (χ2n) is 7.35. The Morgan fingerprint density at radius 1 is 1.17 bits per heavy atom. The molecule has 3 heterocycles. The van der Waals surface area contributed by atoms with Crippen LogP contribution in [0.2, 0.25) is 0 Å². The first kappa shape index (κ1) is 19.5. The molecule has 0 saturated carbocycles. The number of hydrogen-bond acceptors (Lipinski definition) is 4. The lowest BCUT2D eigenvalue weighted by atomic mass is 9.90. The molecule has 29 heavy (non-hydrogen) atoms. The molecule has 150 valence electrons. The van der Waals surface area contributed by atoms with E-state index in [-0.39, 0.29) is 24.4 Å². The zero-order valence-corrected chi connectivity index (χ0v) is 17.4. The van der Waals surface area contributed by atoms with E-state index in [2.05, 4.69) is 30.5 Å². The number of rotatable bonds is 5. The number of aryl methyl sites for hydroxylation is 1. The summed E-state index contributed by atoms with van der Waals surface area (Å²) in [4.78, 5) is 30.3. The van der Waals surface area contributed by atoms with Crippen LogP contribution in [0.5, 0.6) is 0 Å². The van der Waals surface area contributed by atoms with E-state index in [1.807, 2.05) is 23.1 Å². The number of carbonyl (C=O) groups excluding carboxylic acids is 2. The minimum absolute atomic E-state index is 0.0396. The lowest BCUT2D eigenvalue weighted by molar-refractivity contribution is -0.141. The molecule has 1 aromatic carbocycles. The second-order valence-corrected chi connectivity index (χ2v) is 8.35. The van der Waals surface area contributed by atoms with Gasteiger partial charge < -0.3 is 14.2 Å². The molecule has 5 nitrogen and oxygen atoms in total. The molecule has 1 aliphatic heterocycles. The summed E-state index contributed by atoms with van der Waals surface area (Å²) in [6, 6.07) is 13.8. The third-order valence-corrected chi connectivity index (χ3v) is 6.46. The van der Waals surface area contributed by atoms with Crippen LogP contribution < -0.4 is 0 Å². The summed E-state index contributed by atoms with van der Waals surface area (Å²) >= 11 is 1.75. The van der Waals surface area contributed by atoms with Gasteiger partial charge in [-0.3, -0.25) is 9.59 Å². The van der Waals surface area contributed by atoms with Crippen LogP contribution in [0.15, 0.2) is 58.5 Å². The van der Waals surface area contributed by atoms with Crippen LogP contribution >= 0.6 is 11.3 Å². The Kier molecular flexibility index (Phi) is 5.53. The predicted molar refractivity (Wildman–Crippen MR) is 113 cm³/mol. The summed E-state index contributed by atoms with van der Waals surface area (Å²) in [6.07, 6.45) is 2.42. The number of hydrogen-bond donors (Lipinski definition) is 0. The van der Waals surface area contributed by atoms with Gasteiger partial charge in [0.05, 0.1) is 18.8 Å². The zero-order chi connectivity index (χ0) is 20.4. The fourth-order valence-corrected chi connectivity index (χ4v) is 4.84. The maximum Gasteiger partial charge on any atom is 0.243 e. The number of thiophene rings is 1. The Morgan fingerprint density at radius 3 is 2.72 bits per heavy atom. The van der Waals surface area contributed by atoms with Crippen molar-refractivity contribution in [3.8, 4) is 0 Å². The van der Waals surface area contributed by atoms with Crippen LogP contribution in [0.3, 0.4) is 0 Å². The topological polar surface area (TPSA) is 53.8 Å². The minimum atomic E-state index is -0.143. The highest BCUT2D eigenvalue weighted by molar-refractivity contribution is 7.10. The smallest absolute Gasteiger partial charge is 0.243 e. The SMILES string of the molecule is CC(=O)N(CC(=O)N1CCc2sccc2[C@@H]1c1ccccc1C)Cc1ccco1. The molecule has 3 aromatic rings. The van der Waals surface area contributed by atoms with Crippen LogP contribution in [0.25, 0.3) is 0 Å². The van der Waals surface area contributed by atoms with Crippen molar-refractivity contribution in [3.63, 3.8) is 0 Å². The van der Waals surface area contributed by atoms with E-state index in [4.69, 9.17) is 4.42 Å². The maximum absolute atomic E-state index is 13.4. The normalized spacial score (nSPS) is 15.8. The van der Waals surface area contributed by atoms with Crippen molar-refractivity contribution in [2.24, 2.45) is 0 Å². The van der Waals surface area contributed by atoms with Crippen molar-refractivity contribution in [1.82, 2.24) is 9.80 Å². The molecule has 1 aliphatic rings. The molecular formula is C23H24N2O3S. The average molecular weight is 409 g/mol. The average Bonchev–Trinajstić information content (AvgIpc) is 3.38. The van der Waals surface area contributed by atoms with Crippen molar-refractivity contribution >= 4 is 23.2 Å². The van der Waals surface area contributed by atoms with Gasteiger partial charge in [-0.25, -0.2) is 0 Å². The quantitative estimate of drug-likeness (QED) is 0.637. The van der Waals surface area contributed by atoms with Crippen molar-refractivity contribution in [2.75, 3.05) is 13.1 Å². The lowest BCUT2D eigenvalue weighted by Crippen LogP contribution is -2.46. The summed E-state index contributed by atoms with van der Waals surface area (Å²) in [5.74, 6) is 0.481. The van der Waals surface area contributed by atoms with Gasteiger partial charge in [-0.2, -0.15) is 0 Å². The largest absolute Gasteiger partial charge is 0.467 e. The van der Waals surface area contributed by atoms with Gasteiger partial charge in [0, 0.05) is 18.3 Å². The van der Waals surface area contributed by atoms with E-state index in [0.717, 1.165) is 17.5 Å². The monoisotopic (exact) mass is 408 g/mol. The van der Waals surface area contributed by atoms with Gasteiger partial charge in [-0.15, -0.1) is 11.3 Å². The van der Waals surface area contributed by atoms with E-state index in [9.17, 15) is 9.59 Å². The Balaban J connectivity index is 1.62. The Hall–Kier alpha value is -2.86. The number of fused-ring (bicyclic) bond motifs is 1. The number of amides is 2. The molecule has 2 amide bonds. The number of furan rings is 1. The summed E-state index contributed by atoms with van der Waals surface area (Å²) in [5.41, 5.74) is 3.50. The van der Waals surface area contributed by atoms with Crippen LogP contribution in [0, 0.1) is 6.92 Å². The summed E-state index contributed by atoms with van der Waals surface area (Å²) in [7, 11) is 0. The highest BCUT2D eigenvalue weighted by Crippen LogP contribution is 2.39. The molecule has 0 aliphatic carbocycles. The van der Waals surface area contributed by atoms with Gasteiger partial charge in [-0.1, -0.05) is 24.3 Å². The number of nitrogens with zero attached hydrogens (tertiary/aromatic N) is 2. The van der Waals surface area contributed by atoms with Gasteiger partial charge in [0.15, 0.2) is 0 Å². The molecule has 2 aromatic heterocycles. The molecule has 0 N–H and O–H groups in total. The first-order valence-electron chi connectivity index (χ1n) is 9.73. The first-order valence-corrected chi connectivity index (χ1v) is 10.6. The molecule has 0 fully saturated rings. The molecule has 1 atom stereocenters. The molecule has 0 bridgehead atoms. The van der Waals surface area contributed by atoms with Crippen LogP contribution in [-0.2, 0) is 22.6 Å². The fourth-order valence-electron chi connectivity index (χ4n) is 3.94. The van der Waals surface area contributed by atoms with Gasteiger partial charge in [0.2, 0.25) is 11.8 Å². The summed E-state index contributed by atoms with van der Waals surface area (Å²) < 4.78 is 5.37. The molecule has 0 spiro atoms. The lowest BCUT2D eigenvalue weighted by Gasteiger charge is -2.38. The molecule has 0 saturated heterocycles. The van der Waals surface area contributed by atoms with Crippen molar-refractivity contribution < 1.29 is 14.0 Å². The number of carbonyl (C=O) groups is 2. The van der Waals surface area contributed by atoms with Gasteiger partial charge in [-0.05, 0) is 53.6 Å². The third-order valence-electron chi connectivity index (χ3n) is 5.47. The van der Waals surface area contributed by atoms with Gasteiger partial charge >= 0.3 is 0 Å². The summed E-state index contributed by atoms with van der Waals surface area (Å²) in [5, 5.41) is 2.10. The zero-order valence-electron chi connectivity index (χ0n) is 16.6. The van der Waals surface area contributed by atoms with Gasteiger partial charge in [0.1, 0.15) is 12.3 Å². The van der Waals surface area contributed by atoms with Crippen LogP contribution in [0.1, 0.15) is 40.3 Å². The molecule has 6 heteroatoms.